The second-order valence-electron chi connectivity index (χ2n) is 9.04. The summed E-state index contributed by atoms with van der Waals surface area (Å²) in [5.74, 6) is 1.26. The van der Waals surface area contributed by atoms with Gasteiger partial charge < -0.3 is 16.0 Å². The van der Waals surface area contributed by atoms with Crippen LogP contribution in [-0.4, -0.2) is 29.9 Å². The molecule has 1 unspecified atom stereocenters. The van der Waals surface area contributed by atoms with Crippen LogP contribution in [0.4, 0.5) is 4.39 Å². The normalized spacial score (nSPS) is 17.5. The van der Waals surface area contributed by atoms with Gasteiger partial charge >= 0.3 is 0 Å². The summed E-state index contributed by atoms with van der Waals surface area (Å²) in [5.41, 5.74) is 3.86. The molecule has 2 saturated carbocycles. The van der Waals surface area contributed by atoms with Crippen molar-refractivity contribution in [3.05, 3.63) is 71.3 Å². The van der Waals surface area contributed by atoms with Crippen LogP contribution in [0.5, 0.6) is 0 Å². The van der Waals surface area contributed by atoms with E-state index in [1.165, 1.54) is 12.1 Å². The Labute approximate surface area is 195 Å². The standard InChI is InChI=1S/C27H33FN4O/c1-4-5-25(30-22-12-13-22)32-26(29-18(3)27(33)31-23-14-15-23)24-16-20(7-6-17(24)2)19-8-10-21(28)11-9-19/h5-11,16,18,22-23,30H,4,12-15H2,1-3H3,(H,29,32)(H,31,33)/b25-5+. The van der Waals surface area contributed by atoms with Gasteiger partial charge in [0.05, 0.1) is 0 Å². The number of allylic oxidation sites excluding steroid dienone is 1. The largest absolute Gasteiger partial charge is 0.369 e. The molecule has 2 aromatic carbocycles. The Kier molecular flexibility index (Phi) is 7.11. The first kappa shape index (κ1) is 23.0. The Balaban J connectivity index is 1.68. The maximum Gasteiger partial charge on any atom is 0.244 e. The molecular formula is C27H33FN4O. The highest BCUT2D eigenvalue weighted by molar-refractivity contribution is 6.03. The Hall–Kier alpha value is -3.15. The molecule has 3 N–H and O–H groups in total. The van der Waals surface area contributed by atoms with Crippen molar-refractivity contribution in [3.63, 3.8) is 0 Å². The van der Waals surface area contributed by atoms with Crippen molar-refractivity contribution in [2.75, 3.05) is 0 Å². The number of hydrogen-bond acceptors (Lipinski definition) is 3. The van der Waals surface area contributed by atoms with E-state index in [9.17, 15) is 9.18 Å². The third-order valence-electron chi connectivity index (χ3n) is 5.89. The highest BCUT2D eigenvalue weighted by Crippen LogP contribution is 2.24. The Bertz CT molecular complexity index is 1050. The Morgan fingerprint density at radius 3 is 2.33 bits per heavy atom. The molecule has 4 rings (SSSR count). The summed E-state index contributed by atoms with van der Waals surface area (Å²) >= 11 is 0. The molecule has 0 aromatic heterocycles. The van der Waals surface area contributed by atoms with Crippen LogP contribution < -0.4 is 16.0 Å². The number of hydrogen-bond donors (Lipinski definition) is 3. The van der Waals surface area contributed by atoms with Gasteiger partial charge in [0.15, 0.2) is 0 Å². The van der Waals surface area contributed by atoms with Crippen molar-refractivity contribution < 1.29 is 9.18 Å². The quantitative estimate of drug-likeness (QED) is 0.381. The van der Waals surface area contributed by atoms with E-state index in [-0.39, 0.29) is 11.7 Å². The summed E-state index contributed by atoms with van der Waals surface area (Å²) < 4.78 is 13.4. The van der Waals surface area contributed by atoms with Crippen molar-refractivity contribution >= 4 is 11.7 Å². The number of aliphatic imine (C=N–C) groups is 1. The number of carbonyl (C=O) groups is 1. The minimum atomic E-state index is -0.522. The van der Waals surface area contributed by atoms with E-state index in [1.807, 2.05) is 26.0 Å². The number of benzene rings is 2. The molecule has 174 valence electrons. The topological polar surface area (TPSA) is 65.5 Å². The van der Waals surface area contributed by atoms with Crippen molar-refractivity contribution in [2.45, 2.75) is 71.0 Å². The number of amidine groups is 1. The van der Waals surface area contributed by atoms with Gasteiger partial charge in [0.25, 0.3) is 0 Å². The fourth-order valence-corrected chi connectivity index (χ4v) is 3.60. The number of carbonyl (C=O) groups excluding carboxylic acids is 1. The molecule has 0 radical (unpaired) electrons. The van der Waals surface area contributed by atoms with E-state index in [0.29, 0.717) is 17.9 Å². The fourth-order valence-electron chi connectivity index (χ4n) is 3.60. The molecular weight excluding hydrogens is 415 g/mol. The van der Waals surface area contributed by atoms with Crippen LogP contribution >= 0.6 is 0 Å². The van der Waals surface area contributed by atoms with Crippen LogP contribution in [-0.2, 0) is 4.79 Å². The monoisotopic (exact) mass is 448 g/mol. The van der Waals surface area contributed by atoms with Gasteiger partial charge in [0, 0.05) is 17.6 Å². The molecule has 0 aliphatic heterocycles. The lowest BCUT2D eigenvalue weighted by atomic mass is 9.99. The lowest BCUT2D eigenvalue weighted by Gasteiger charge is -2.19. The first-order valence-corrected chi connectivity index (χ1v) is 11.9. The first-order valence-electron chi connectivity index (χ1n) is 11.9. The lowest BCUT2D eigenvalue weighted by molar-refractivity contribution is -0.122. The van der Waals surface area contributed by atoms with E-state index in [2.05, 4.69) is 35.0 Å². The Morgan fingerprint density at radius 1 is 1.06 bits per heavy atom. The van der Waals surface area contributed by atoms with E-state index in [1.54, 1.807) is 12.1 Å². The molecule has 0 bridgehead atoms. The van der Waals surface area contributed by atoms with Crippen LogP contribution in [0.1, 0.15) is 57.1 Å². The third-order valence-corrected chi connectivity index (χ3v) is 5.89. The molecule has 1 amide bonds. The molecule has 2 aliphatic carbocycles. The summed E-state index contributed by atoms with van der Waals surface area (Å²) in [4.78, 5) is 17.5. The van der Waals surface area contributed by atoms with E-state index >= 15 is 0 Å². The maximum absolute atomic E-state index is 13.4. The lowest BCUT2D eigenvalue weighted by Crippen LogP contribution is -2.38. The zero-order valence-corrected chi connectivity index (χ0v) is 19.6. The number of aryl methyl sites for hydroxylation is 1. The number of nitrogens with zero attached hydrogens (tertiary/aromatic N) is 1. The van der Waals surface area contributed by atoms with E-state index < -0.39 is 6.04 Å². The van der Waals surface area contributed by atoms with Gasteiger partial charge in [0.1, 0.15) is 23.5 Å². The van der Waals surface area contributed by atoms with Gasteiger partial charge in [-0.1, -0.05) is 31.2 Å². The van der Waals surface area contributed by atoms with Crippen LogP contribution in [0, 0.1) is 12.7 Å². The van der Waals surface area contributed by atoms with Gasteiger partial charge in [-0.25, -0.2) is 4.39 Å². The number of amides is 1. The highest BCUT2D eigenvalue weighted by Gasteiger charge is 2.26. The molecule has 0 spiro atoms. The van der Waals surface area contributed by atoms with Crippen LogP contribution in [0.25, 0.3) is 11.1 Å². The van der Waals surface area contributed by atoms with Crippen LogP contribution in [0.15, 0.2) is 59.4 Å². The molecule has 0 heterocycles. The van der Waals surface area contributed by atoms with Gasteiger partial charge in [0.2, 0.25) is 5.91 Å². The average molecular weight is 449 g/mol. The first-order chi connectivity index (χ1) is 15.9. The molecule has 6 heteroatoms. The molecule has 2 aromatic rings. The zero-order chi connectivity index (χ0) is 23.4. The molecule has 33 heavy (non-hydrogen) atoms. The maximum atomic E-state index is 13.4. The van der Waals surface area contributed by atoms with Crippen molar-refractivity contribution in [3.8, 4) is 11.1 Å². The van der Waals surface area contributed by atoms with Gasteiger partial charge in [-0.05, 0) is 86.9 Å². The summed E-state index contributed by atoms with van der Waals surface area (Å²) in [6.45, 7) is 5.96. The summed E-state index contributed by atoms with van der Waals surface area (Å²) in [6, 6.07) is 12.9. The number of halogens is 1. The van der Waals surface area contributed by atoms with Crippen molar-refractivity contribution in [1.29, 1.82) is 0 Å². The van der Waals surface area contributed by atoms with Crippen LogP contribution in [0.2, 0.25) is 0 Å². The van der Waals surface area contributed by atoms with E-state index in [4.69, 9.17) is 4.99 Å². The Morgan fingerprint density at radius 2 is 1.70 bits per heavy atom. The van der Waals surface area contributed by atoms with Gasteiger partial charge in [-0.3, -0.25) is 9.79 Å². The molecule has 1 atom stereocenters. The predicted octanol–water partition coefficient (Wildman–Crippen LogP) is 4.81. The fraction of sp³-hybridized carbons (Fsp3) is 0.407. The number of rotatable bonds is 9. The summed E-state index contributed by atoms with van der Waals surface area (Å²) in [6.07, 6.45) is 7.40. The molecule has 5 nitrogen and oxygen atoms in total. The minimum Gasteiger partial charge on any atom is -0.369 e. The van der Waals surface area contributed by atoms with Crippen molar-refractivity contribution in [2.24, 2.45) is 4.99 Å². The minimum absolute atomic E-state index is 0.0553. The SMILES string of the molecule is CC/C=C(/NC(=NC(C)C(=O)NC1CC1)c1cc(-c2ccc(F)cc2)ccc1C)NC1CC1. The highest BCUT2D eigenvalue weighted by atomic mass is 19.1. The summed E-state index contributed by atoms with van der Waals surface area (Å²) in [7, 11) is 0. The third kappa shape index (κ3) is 6.44. The zero-order valence-electron chi connectivity index (χ0n) is 19.6. The molecule has 2 aliphatic rings. The smallest absolute Gasteiger partial charge is 0.244 e. The summed E-state index contributed by atoms with van der Waals surface area (Å²) in [5, 5.41) is 10.1. The van der Waals surface area contributed by atoms with Gasteiger partial charge in [-0.15, -0.1) is 0 Å². The van der Waals surface area contributed by atoms with E-state index in [0.717, 1.165) is 60.2 Å². The second kappa shape index (κ2) is 10.2. The van der Waals surface area contributed by atoms with Crippen molar-refractivity contribution in [1.82, 2.24) is 16.0 Å². The molecule has 2 fully saturated rings. The molecule has 0 saturated heterocycles. The van der Waals surface area contributed by atoms with Crippen LogP contribution in [0.3, 0.4) is 0 Å². The number of nitrogens with one attached hydrogen (secondary N) is 3. The second-order valence-corrected chi connectivity index (χ2v) is 9.04. The predicted molar refractivity (Wildman–Crippen MR) is 131 cm³/mol. The average Bonchev–Trinajstić information content (AvgIpc) is 3.72. The van der Waals surface area contributed by atoms with Gasteiger partial charge in [-0.2, -0.15) is 0 Å².